The Morgan fingerprint density at radius 3 is 2.38 bits per heavy atom. The average molecular weight is 374 g/mol. The van der Waals surface area contributed by atoms with E-state index in [-0.39, 0.29) is 11.5 Å². The molecule has 0 spiro atoms. The number of alkyl carbamates (subject to hydrolysis) is 1. The first-order chi connectivity index (χ1) is 12.1. The van der Waals surface area contributed by atoms with Crippen LogP contribution in [0.4, 0.5) is 18.0 Å². The van der Waals surface area contributed by atoms with E-state index in [2.05, 4.69) is 6.58 Å². The van der Waals surface area contributed by atoms with Gasteiger partial charge in [0.15, 0.2) is 0 Å². The van der Waals surface area contributed by atoms with Crippen LogP contribution in [-0.4, -0.2) is 53.3 Å². The third-order valence-corrected chi connectivity index (χ3v) is 3.09. The number of halogens is 3. The number of carbonyl (C=O) groups is 3. The number of alkyl halides is 3. The molecule has 0 aliphatic heterocycles. The van der Waals surface area contributed by atoms with Crippen molar-refractivity contribution >= 4 is 18.0 Å². The lowest BCUT2D eigenvalue weighted by Gasteiger charge is -2.25. The number of benzene rings is 1. The number of rotatable bonds is 8. The maximum absolute atomic E-state index is 12.6. The summed E-state index contributed by atoms with van der Waals surface area (Å²) in [5.41, 5.74) is 0.634. The first-order valence-corrected chi connectivity index (χ1v) is 7.32. The SMILES string of the molecule is C=CCN(C[C@H](NC(=O)OCc1ccccc1)C(=O)O)C(=O)C(F)(F)F. The minimum Gasteiger partial charge on any atom is -0.480 e. The third kappa shape index (κ3) is 6.83. The van der Waals surface area contributed by atoms with E-state index in [9.17, 15) is 27.6 Å². The maximum Gasteiger partial charge on any atom is 0.471 e. The summed E-state index contributed by atoms with van der Waals surface area (Å²) in [6.07, 6.45) is -5.31. The van der Waals surface area contributed by atoms with Crippen LogP contribution in [0.1, 0.15) is 5.56 Å². The van der Waals surface area contributed by atoms with Gasteiger partial charge in [-0.1, -0.05) is 36.4 Å². The molecule has 0 aliphatic rings. The number of hydrogen-bond donors (Lipinski definition) is 2. The van der Waals surface area contributed by atoms with E-state index in [1.165, 1.54) is 0 Å². The standard InChI is InChI=1S/C16H17F3N2O5/c1-2-8-21(14(24)16(17,18)19)9-12(13(22)23)20-15(25)26-10-11-6-4-3-5-7-11/h2-7,12H,1,8-10H2,(H,20,25)(H,22,23)/t12-/m0/s1. The molecule has 1 aromatic rings. The maximum atomic E-state index is 12.6. The zero-order valence-corrected chi connectivity index (χ0v) is 13.5. The lowest BCUT2D eigenvalue weighted by Crippen LogP contribution is -2.52. The molecule has 7 nitrogen and oxygen atoms in total. The molecule has 142 valence electrons. The van der Waals surface area contributed by atoms with Crippen molar-refractivity contribution in [2.45, 2.75) is 18.8 Å². The lowest BCUT2D eigenvalue weighted by molar-refractivity contribution is -0.185. The highest BCUT2D eigenvalue weighted by molar-refractivity contribution is 5.84. The molecule has 0 saturated heterocycles. The molecule has 1 aromatic carbocycles. The average Bonchev–Trinajstić information content (AvgIpc) is 2.58. The normalized spacial score (nSPS) is 12.0. The van der Waals surface area contributed by atoms with Crippen LogP contribution in [0, 0.1) is 0 Å². The van der Waals surface area contributed by atoms with E-state index in [4.69, 9.17) is 9.84 Å². The van der Waals surface area contributed by atoms with Gasteiger partial charge >= 0.3 is 24.1 Å². The van der Waals surface area contributed by atoms with Crippen LogP contribution < -0.4 is 5.32 Å². The van der Waals surface area contributed by atoms with Gasteiger partial charge in [0.2, 0.25) is 0 Å². The zero-order valence-electron chi connectivity index (χ0n) is 13.5. The van der Waals surface area contributed by atoms with Gasteiger partial charge in [0.25, 0.3) is 0 Å². The van der Waals surface area contributed by atoms with Crippen LogP contribution in [0.2, 0.25) is 0 Å². The molecule has 1 atom stereocenters. The largest absolute Gasteiger partial charge is 0.480 e. The Morgan fingerprint density at radius 1 is 1.27 bits per heavy atom. The Kier molecular flexibility index (Phi) is 7.63. The van der Waals surface area contributed by atoms with Crippen LogP contribution in [-0.2, 0) is 20.9 Å². The van der Waals surface area contributed by atoms with E-state index < -0.39 is 43.3 Å². The molecule has 0 fully saturated rings. The highest BCUT2D eigenvalue weighted by Gasteiger charge is 2.43. The predicted molar refractivity (Wildman–Crippen MR) is 84.0 cm³/mol. The van der Waals surface area contributed by atoms with Gasteiger partial charge in [-0.3, -0.25) is 4.79 Å². The van der Waals surface area contributed by atoms with Gasteiger partial charge in [0, 0.05) is 6.54 Å². The van der Waals surface area contributed by atoms with Crippen molar-refractivity contribution in [3.8, 4) is 0 Å². The lowest BCUT2D eigenvalue weighted by atomic mass is 10.2. The Balaban J connectivity index is 2.71. The van der Waals surface area contributed by atoms with Gasteiger partial charge in [-0.2, -0.15) is 13.2 Å². The molecule has 0 radical (unpaired) electrons. The number of nitrogens with one attached hydrogen (secondary N) is 1. The van der Waals surface area contributed by atoms with Crippen LogP contribution in [0.3, 0.4) is 0 Å². The Bertz CT molecular complexity index is 649. The third-order valence-electron chi connectivity index (χ3n) is 3.09. The molecule has 0 bridgehead atoms. The van der Waals surface area contributed by atoms with Gasteiger partial charge in [0.05, 0.1) is 6.54 Å². The van der Waals surface area contributed by atoms with Crippen molar-refractivity contribution in [3.63, 3.8) is 0 Å². The summed E-state index contributed by atoms with van der Waals surface area (Å²) >= 11 is 0. The number of carbonyl (C=O) groups excluding carboxylic acids is 2. The number of nitrogens with zero attached hydrogens (tertiary/aromatic N) is 1. The van der Waals surface area contributed by atoms with Crippen LogP contribution >= 0.6 is 0 Å². The highest BCUT2D eigenvalue weighted by Crippen LogP contribution is 2.18. The summed E-state index contributed by atoms with van der Waals surface area (Å²) in [6.45, 7) is 1.62. The second kappa shape index (κ2) is 9.44. The number of carboxylic acids is 1. The molecule has 1 rings (SSSR count). The Labute approximate surface area is 147 Å². The predicted octanol–water partition coefficient (Wildman–Crippen LogP) is 1.94. The van der Waals surface area contributed by atoms with E-state index in [0.29, 0.717) is 5.56 Å². The minimum atomic E-state index is -5.18. The van der Waals surface area contributed by atoms with E-state index in [1.54, 1.807) is 30.3 Å². The fourth-order valence-corrected chi connectivity index (χ4v) is 1.89. The zero-order chi connectivity index (χ0) is 19.7. The summed E-state index contributed by atoms with van der Waals surface area (Å²) in [7, 11) is 0. The smallest absolute Gasteiger partial charge is 0.471 e. The van der Waals surface area contributed by atoms with Crippen LogP contribution in [0.25, 0.3) is 0 Å². The molecule has 0 saturated carbocycles. The number of aliphatic carboxylic acids is 1. The van der Waals surface area contributed by atoms with Gasteiger partial charge in [0.1, 0.15) is 12.6 Å². The van der Waals surface area contributed by atoms with Crippen molar-refractivity contribution in [1.29, 1.82) is 0 Å². The van der Waals surface area contributed by atoms with E-state index >= 15 is 0 Å². The molecular formula is C16H17F3N2O5. The summed E-state index contributed by atoms with van der Waals surface area (Å²) in [6, 6.07) is 6.69. The second-order valence-electron chi connectivity index (χ2n) is 5.09. The number of ether oxygens (including phenoxy) is 1. The molecular weight excluding hydrogens is 357 g/mol. The molecule has 2 N–H and O–H groups in total. The molecule has 0 heterocycles. The van der Waals surface area contributed by atoms with Crippen LogP contribution in [0.5, 0.6) is 0 Å². The summed E-state index contributed by atoms with van der Waals surface area (Å²) in [4.78, 5) is 34.5. The van der Waals surface area contributed by atoms with Gasteiger partial charge in [-0.05, 0) is 5.56 Å². The fourth-order valence-electron chi connectivity index (χ4n) is 1.89. The van der Waals surface area contributed by atoms with Crippen molar-refractivity contribution in [3.05, 3.63) is 48.6 Å². The topological polar surface area (TPSA) is 95.9 Å². The van der Waals surface area contributed by atoms with Crippen molar-refractivity contribution in [2.24, 2.45) is 0 Å². The molecule has 0 aromatic heterocycles. The van der Waals surface area contributed by atoms with Crippen molar-refractivity contribution in [2.75, 3.05) is 13.1 Å². The van der Waals surface area contributed by atoms with Crippen molar-refractivity contribution < 1.29 is 37.4 Å². The second-order valence-corrected chi connectivity index (χ2v) is 5.09. The number of hydrogen-bond acceptors (Lipinski definition) is 4. The molecule has 10 heteroatoms. The monoisotopic (exact) mass is 374 g/mol. The summed E-state index contributed by atoms with van der Waals surface area (Å²) in [5, 5.41) is 11.0. The van der Waals surface area contributed by atoms with Gasteiger partial charge in [-0.25, -0.2) is 9.59 Å². The summed E-state index contributed by atoms with van der Waals surface area (Å²) < 4.78 is 42.5. The molecule has 0 aliphatic carbocycles. The number of amides is 2. The van der Waals surface area contributed by atoms with Crippen LogP contribution in [0.15, 0.2) is 43.0 Å². The molecule has 2 amide bonds. The molecule has 0 unspecified atom stereocenters. The van der Waals surface area contributed by atoms with E-state index in [0.717, 1.165) is 6.08 Å². The highest BCUT2D eigenvalue weighted by atomic mass is 19.4. The number of carboxylic acid groups (broad SMARTS) is 1. The first kappa shape index (κ1) is 21.0. The van der Waals surface area contributed by atoms with E-state index in [1.807, 2.05) is 5.32 Å². The first-order valence-electron chi connectivity index (χ1n) is 7.32. The Hall–Kier alpha value is -3.04. The van der Waals surface area contributed by atoms with Gasteiger partial charge in [-0.15, -0.1) is 6.58 Å². The van der Waals surface area contributed by atoms with Gasteiger partial charge < -0.3 is 20.1 Å². The molecule has 26 heavy (non-hydrogen) atoms. The fraction of sp³-hybridized carbons (Fsp3) is 0.312. The minimum absolute atomic E-state index is 0.156. The Morgan fingerprint density at radius 2 is 1.88 bits per heavy atom. The summed E-state index contributed by atoms with van der Waals surface area (Å²) in [5.74, 6) is -3.85. The van der Waals surface area contributed by atoms with Crippen molar-refractivity contribution in [1.82, 2.24) is 10.2 Å². The quantitative estimate of drug-likeness (QED) is 0.678.